The first-order chi connectivity index (χ1) is 9.28. The number of benzene rings is 1. The molecule has 4 nitrogen and oxygen atoms in total. The Kier molecular flexibility index (Phi) is 4.19. The van der Waals surface area contributed by atoms with Crippen molar-refractivity contribution in [2.24, 2.45) is 0 Å². The lowest BCUT2D eigenvalue weighted by molar-refractivity contribution is 0.101. The number of ketones is 1. The third-order valence-electron chi connectivity index (χ3n) is 3.37. The molecular formula is C13H15F2NO3S. The van der Waals surface area contributed by atoms with E-state index < -0.39 is 27.3 Å². The quantitative estimate of drug-likeness (QED) is 0.792. The van der Waals surface area contributed by atoms with Gasteiger partial charge in [0, 0.05) is 30.8 Å². The first-order valence-corrected chi connectivity index (χ1v) is 8.02. The van der Waals surface area contributed by atoms with E-state index >= 15 is 0 Å². The average Bonchev–Trinajstić information content (AvgIpc) is 2.35. The third kappa shape index (κ3) is 3.40. The van der Waals surface area contributed by atoms with Crippen LogP contribution in [-0.4, -0.2) is 43.7 Å². The fourth-order valence-corrected chi connectivity index (χ4v) is 3.37. The Morgan fingerprint density at radius 2 is 1.70 bits per heavy atom. The lowest BCUT2D eigenvalue weighted by atomic mass is 10.1. The van der Waals surface area contributed by atoms with Crippen molar-refractivity contribution in [3.63, 3.8) is 0 Å². The summed E-state index contributed by atoms with van der Waals surface area (Å²) in [5.74, 6) is -1.95. The first kappa shape index (κ1) is 15.1. The molecule has 1 aromatic rings. The number of halogens is 2. The summed E-state index contributed by atoms with van der Waals surface area (Å²) in [6, 6.07) is 2.03. The lowest BCUT2D eigenvalue weighted by Crippen LogP contribution is -2.40. The maximum Gasteiger partial charge on any atom is 0.160 e. The van der Waals surface area contributed by atoms with Crippen LogP contribution in [0.15, 0.2) is 12.1 Å². The summed E-state index contributed by atoms with van der Waals surface area (Å²) in [4.78, 5) is 12.8. The van der Waals surface area contributed by atoms with Gasteiger partial charge in [0.2, 0.25) is 0 Å². The normalized spacial score (nSPS) is 18.9. The summed E-state index contributed by atoms with van der Waals surface area (Å²) in [5, 5.41) is 0. The Bertz CT molecular complexity index is 606. The molecule has 0 N–H and O–H groups in total. The molecule has 1 aliphatic rings. The molecule has 1 heterocycles. The van der Waals surface area contributed by atoms with Crippen molar-refractivity contribution < 1.29 is 22.0 Å². The summed E-state index contributed by atoms with van der Waals surface area (Å²) < 4.78 is 50.3. The maximum atomic E-state index is 13.8. The van der Waals surface area contributed by atoms with Gasteiger partial charge in [-0.25, -0.2) is 17.2 Å². The van der Waals surface area contributed by atoms with Crippen LogP contribution in [0.4, 0.5) is 8.78 Å². The maximum absolute atomic E-state index is 13.8. The van der Waals surface area contributed by atoms with Gasteiger partial charge >= 0.3 is 0 Å². The van der Waals surface area contributed by atoms with Gasteiger partial charge in [0.1, 0.15) is 11.6 Å². The average molecular weight is 303 g/mol. The monoisotopic (exact) mass is 303 g/mol. The summed E-state index contributed by atoms with van der Waals surface area (Å²) in [6.07, 6.45) is 0. The van der Waals surface area contributed by atoms with Crippen LogP contribution in [-0.2, 0) is 16.4 Å². The number of nitrogens with zero attached hydrogens (tertiary/aromatic N) is 1. The highest BCUT2D eigenvalue weighted by Gasteiger charge is 2.23. The highest BCUT2D eigenvalue weighted by molar-refractivity contribution is 7.91. The summed E-state index contributed by atoms with van der Waals surface area (Å²) in [6.45, 7) is 1.76. The van der Waals surface area contributed by atoms with Crippen molar-refractivity contribution in [2.75, 3.05) is 24.6 Å². The van der Waals surface area contributed by atoms with Crippen LogP contribution in [0.2, 0.25) is 0 Å². The number of hydrogen-bond acceptors (Lipinski definition) is 4. The van der Waals surface area contributed by atoms with Crippen LogP contribution < -0.4 is 0 Å². The molecule has 110 valence electrons. The summed E-state index contributed by atoms with van der Waals surface area (Å²) in [5.41, 5.74) is -0.140. The third-order valence-corrected chi connectivity index (χ3v) is 4.98. The Morgan fingerprint density at radius 3 is 2.15 bits per heavy atom. The van der Waals surface area contributed by atoms with E-state index in [4.69, 9.17) is 0 Å². The van der Waals surface area contributed by atoms with E-state index in [1.54, 1.807) is 4.90 Å². The Morgan fingerprint density at radius 1 is 1.20 bits per heavy atom. The molecule has 1 aliphatic heterocycles. The van der Waals surface area contributed by atoms with Crippen molar-refractivity contribution in [3.8, 4) is 0 Å². The summed E-state index contributed by atoms with van der Waals surface area (Å²) in [7, 11) is -3.02. The number of hydrogen-bond donors (Lipinski definition) is 0. The zero-order valence-electron chi connectivity index (χ0n) is 11.0. The first-order valence-electron chi connectivity index (χ1n) is 6.20. The molecule has 0 aromatic heterocycles. The molecule has 0 aliphatic carbocycles. The minimum atomic E-state index is -3.02. The van der Waals surface area contributed by atoms with Gasteiger partial charge < -0.3 is 0 Å². The molecule has 0 radical (unpaired) electrons. The standard InChI is InChI=1S/C13H15F2NO3S/c1-9(17)10-6-12(14)11(13(15)7-10)8-16-2-4-20(18,19)5-3-16/h6-7H,2-5,8H2,1H3. The second-order valence-corrected chi connectivity index (χ2v) is 7.21. The van der Waals surface area contributed by atoms with Crippen molar-refractivity contribution in [1.82, 2.24) is 4.90 Å². The molecule has 7 heteroatoms. The minimum Gasteiger partial charge on any atom is -0.297 e. The SMILES string of the molecule is CC(=O)c1cc(F)c(CN2CCS(=O)(=O)CC2)c(F)c1. The van der Waals surface area contributed by atoms with Gasteiger partial charge in [0.25, 0.3) is 0 Å². The highest BCUT2D eigenvalue weighted by Crippen LogP contribution is 2.19. The van der Waals surface area contributed by atoms with Crippen LogP contribution in [0.1, 0.15) is 22.8 Å². The van der Waals surface area contributed by atoms with Crippen LogP contribution in [0.5, 0.6) is 0 Å². The summed E-state index contributed by atoms with van der Waals surface area (Å²) >= 11 is 0. The van der Waals surface area contributed by atoms with E-state index in [2.05, 4.69) is 0 Å². The van der Waals surface area contributed by atoms with Crippen molar-refractivity contribution in [2.45, 2.75) is 13.5 Å². The molecule has 1 fully saturated rings. The van der Waals surface area contributed by atoms with Crippen molar-refractivity contribution in [3.05, 3.63) is 34.9 Å². The molecule has 0 saturated carbocycles. The van der Waals surface area contributed by atoms with E-state index in [0.717, 1.165) is 12.1 Å². The zero-order valence-corrected chi connectivity index (χ0v) is 11.8. The topological polar surface area (TPSA) is 54.5 Å². The fourth-order valence-electron chi connectivity index (χ4n) is 2.09. The Balaban J connectivity index is 2.16. The largest absolute Gasteiger partial charge is 0.297 e. The second-order valence-electron chi connectivity index (χ2n) is 4.90. The van der Waals surface area contributed by atoms with Gasteiger partial charge in [-0.2, -0.15) is 0 Å². The van der Waals surface area contributed by atoms with Gasteiger partial charge in [-0.15, -0.1) is 0 Å². The van der Waals surface area contributed by atoms with E-state index in [-0.39, 0.29) is 42.3 Å². The Labute approximate surface area is 116 Å². The van der Waals surface area contributed by atoms with Gasteiger partial charge in [-0.3, -0.25) is 9.69 Å². The smallest absolute Gasteiger partial charge is 0.160 e. The molecule has 0 bridgehead atoms. The van der Waals surface area contributed by atoms with E-state index in [1.807, 2.05) is 0 Å². The van der Waals surface area contributed by atoms with Gasteiger partial charge in [-0.1, -0.05) is 0 Å². The van der Waals surface area contributed by atoms with Gasteiger partial charge in [0.15, 0.2) is 15.6 Å². The minimum absolute atomic E-state index is 0.00175. The number of sulfone groups is 1. The molecule has 0 amide bonds. The number of carbonyl (C=O) groups excluding carboxylic acids is 1. The molecule has 1 aromatic carbocycles. The van der Waals surface area contributed by atoms with E-state index in [0.29, 0.717) is 0 Å². The van der Waals surface area contributed by atoms with Gasteiger partial charge in [0.05, 0.1) is 11.5 Å². The van der Waals surface area contributed by atoms with E-state index in [1.165, 1.54) is 6.92 Å². The molecule has 0 unspecified atom stereocenters. The molecular weight excluding hydrogens is 288 g/mol. The van der Waals surface area contributed by atoms with Crippen LogP contribution >= 0.6 is 0 Å². The van der Waals surface area contributed by atoms with Crippen molar-refractivity contribution in [1.29, 1.82) is 0 Å². The second kappa shape index (κ2) is 5.57. The zero-order chi connectivity index (χ0) is 14.9. The molecule has 2 rings (SSSR count). The van der Waals surface area contributed by atoms with Gasteiger partial charge in [-0.05, 0) is 19.1 Å². The number of rotatable bonds is 3. The highest BCUT2D eigenvalue weighted by atomic mass is 32.2. The molecule has 0 spiro atoms. The number of Topliss-reactive ketones (excluding diaryl/α,β-unsaturated/α-hetero) is 1. The van der Waals surface area contributed by atoms with Crippen LogP contribution in [0, 0.1) is 11.6 Å². The fraction of sp³-hybridized carbons (Fsp3) is 0.462. The molecule has 0 atom stereocenters. The van der Waals surface area contributed by atoms with E-state index in [9.17, 15) is 22.0 Å². The van der Waals surface area contributed by atoms with Crippen molar-refractivity contribution >= 4 is 15.6 Å². The Hall–Kier alpha value is -1.34. The van der Waals surface area contributed by atoms with Crippen LogP contribution in [0.3, 0.4) is 0 Å². The molecule has 20 heavy (non-hydrogen) atoms. The number of carbonyl (C=O) groups is 1. The molecule has 1 saturated heterocycles. The predicted octanol–water partition coefficient (Wildman–Crippen LogP) is 1.40. The van der Waals surface area contributed by atoms with Crippen LogP contribution in [0.25, 0.3) is 0 Å². The predicted molar refractivity (Wildman–Crippen MR) is 70.3 cm³/mol. The lowest BCUT2D eigenvalue weighted by Gasteiger charge is -2.26.